The minimum atomic E-state index is -3.92. The third-order valence-corrected chi connectivity index (χ3v) is 6.10. The van der Waals surface area contributed by atoms with Gasteiger partial charge >= 0.3 is 0 Å². The molecule has 1 heterocycles. The van der Waals surface area contributed by atoms with Crippen molar-refractivity contribution in [3.63, 3.8) is 0 Å². The average Bonchev–Trinajstić information content (AvgIpc) is 2.87. The smallest absolute Gasteiger partial charge is 0.243 e. The molecule has 1 aromatic carbocycles. The Labute approximate surface area is 118 Å². The highest BCUT2D eigenvalue weighted by Crippen LogP contribution is 2.22. The van der Waals surface area contributed by atoms with Crippen LogP contribution >= 0.6 is 0 Å². The lowest BCUT2D eigenvalue weighted by molar-refractivity contribution is 0.464. The maximum atomic E-state index is 12.4. The van der Waals surface area contributed by atoms with E-state index in [1.54, 1.807) is 7.05 Å². The van der Waals surface area contributed by atoms with Crippen molar-refractivity contribution in [3.8, 4) is 0 Å². The standard InChI is InChI=1S/C11H17N3O4S2/c1-13-9-5-6-14(8-9)20(17,18)11-4-2-3-10(7-11)19(12,15)16/h2-4,7,9,13H,5-6,8H2,1H3,(H2,12,15,16). The molecule has 7 nitrogen and oxygen atoms in total. The second-order valence-electron chi connectivity index (χ2n) is 4.66. The Hall–Kier alpha value is -1.00. The third kappa shape index (κ3) is 3.01. The van der Waals surface area contributed by atoms with Crippen molar-refractivity contribution in [2.24, 2.45) is 5.14 Å². The van der Waals surface area contributed by atoms with Gasteiger partial charge in [0.2, 0.25) is 20.0 Å². The van der Waals surface area contributed by atoms with Crippen LogP contribution < -0.4 is 10.5 Å². The molecule has 0 aliphatic carbocycles. The van der Waals surface area contributed by atoms with Gasteiger partial charge in [0.25, 0.3) is 0 Å². The Balaban J connectivity index is 2.36. The number of nitrogens with one attached hydrogen (secondary N) is 1. The van der Waals surface area contributed by atoms with Crippen LogP contribution in [0.1, 0.15) is 6.42 Å². The quantitative estimate of drug-likeness (QED) is 0.764. The zero-order valence-corrected chi connectivity index (χ0v) is 12.6. The fourth-order valence-electron chi connectivity index (χ4n) is 2.14. The maximum Gasteiger partial charge on any atom is 0.243 e. The van der Waals surface area contributed by atoms with Crippen LogP contribution in [-0.2, 0) is 20.0 Å². The lowest BCUT2D eigenvalue weighted by Crippen LogP contribution is -2.33. The Morgan fingerprint density at radius 3 is 2.45 bits per heavy atom. The van der Waals surface area contributed by atoms with Gasteiger partial charge in [0.15, 0.2) is 0 Å². The fraction of sp³-hybridized carbons (Fsp3) is 0.455. The normalized spacial score (nSPS) is 21.2. The molecule has 1 aromatic rings. The van der Waals surface area contributed by atoms with Gasteiger partial charge in [-0.2, -0.15) is 4.31 Å². The summed E-state index contributed by atoms with van der Waals surface area (Å²) < 4.78 is 48.8. The van der Waals surface area contributed by atoms with E-state index in [1.807, 2.05) is 0 Å². The first-order valence-corrected chi connectivity index (χ1v) is 9.04. The molecule has 112 valence electrons. The lowest BCUT2D eigenvalue weighted by atomic mass is 10.3. The first-order chi connectivity index (χ1) is 9.25. The number of primary sulfonamides is 1. The van der Waals surface area contributed by atoms with E-state index in [0.717, 1.165) is 12.5 Å². The van der Waals surface area contributed by atoms with E-state index in [-0.39, 0.29) is 15.8 Å². The highest BCUT2D eigenvalue weighted by Gasteiger charge is 2.32. The largest absolute Gasteiger partial charge is 0.316 e. The lowest BCUT2D eigenvalue weighted by Gasteiger charge is -2.16. The van der Waals surface area contributed by atoms with E-state index in [9.17, 15) is 16.8 Å². The molecule has 0 amide bonds. The Bertz CT molecular complexity index is 700. The van der Waals surface area contributed by atoms with Crippen molar-refractivity contribution < 1.29 is 16.8 Å². The van der Waals surface area contributed by atoms with Crippen LogP contribution in [0, 0.1) is 0 Å². The van der Waals surface area contributed by atoms with Gasteiger partial charge in [-0.15, -0.1) is 0 Å². The zero-order valence-electron chi connectivity index (χ0n) is 11.0. The van der Waals surface area contributed by atoms with E-state index < -0.39 is 20.0 Å². The summed E-state index contributed by atoms with van der Waals surface area (Å²) >= 11 is 0. The van der Waals surface area contributed by atoms with Gasteiger partial charge in [-0.1, -0.05) is 6.07 Å². The summed E-state index contributed by atoms with van der Waals surface area (Å²) in [5.41, 5.74) is 0. The molecule has 0 saturated carbocycles. The van der Waals surface area contributed by atoms with Crippen LogP contribution in [0.2, 0.25) is 0 Å². The molecule has 0 spiro atoms. The highest BCUT2D eigenvalue weighted by molar-refractivity contribution is 7.90. The summed E-state index contributed by atoms with van der Waals surface area (Å²) in [7, 11) is -5.83. The molecule has 1 saturated heterocycles. The molecule has 1 atom stereocenters. The Morgan fingerprint density at radius 2 is 1.90 bits per heavy atom. The Morgan fingerprint density at radius 1 is 1.25 bits per heavy atom. The van der Waals surface area contributed by atoms with Gasteiger partial charge in [-0.25, -0.2) is 22.0 Å². The van der Waals surface area contributed by atoms with Crippen LogP contribution in [0.4, 0.5) is 0 Å². The predicted molar refractivity (Wildman–Crippen MR) is 74.0 cm³/mol. The minimum absolute atomic E-state index is 0.0548. The number of hydrogen-bond donors (Lipinski definition) is 2. The van der Waals surface area contributed by atoms with Crippen molar-refractivity contribution in [1.29, 1.82) is 0 Å². The summed E-state index contributed by atoms with van der Waals surface area (Å²) in [4.78, 5) is -0.260. The van der Waals surface area contributed by atoms with Crippen LogP contribution in [0.15, 0.2) is 34.1 Å². The van der Waals surface area contributed by atoms with Crippen LogP contribution in [-0.4, -0.2) is 47.3 Å². The number of benzene rings is 1. The van der Waals surface area contributed by atoms with Gasteiger partial charge in [0, 0.05) is 19.1 Å². The molecule has 0 radical (unpaired) electrons. The zero-order chi connectivity index (χ0) is 15.0. The van der Waals surface area contributed by atoms with Crippen LogP contribution in [0.3, 0.4) is 0 Å². The van der Waals surface area contributed by atoms with Crippen LogP contribution in [0.5, 0.6) is 0 Å². The number of nitrogens with zero attached hydrogens (tertiary/aromatic N) is 1. The third-order valence-electron chi connectivity index (χ3n) is 3.33. The molecule has 1 aliphatic heterocycles. The average molecular weight is 319 g/mol. The fourth-order valence-corrected chi connectivity index (χ4v) is 4.32. The molecule has 20 heavy (non-hydrogen) atoms. The molecule has 0 bridgehead atoms. The SMILES string of the molecule is CNC1CCN(S(=O)(=O)c2cccc(S(N)(=O)=O)c2)C1. The number of hydrogen-bond acceptors (Lipinski definition) is 5. The molecule has 2 rings (SSSR count). The van der Waals surface area contributed by atoms with Crippen molar-refractivity contribution >= 4 is 20.0 Å². The number of likely N-dealkylation sites (N-methyl/N-ethyl adjacent to an activating group) is 1. The van der Waals surface area contributed by atoms with Gasteiger partial charge in [0.05, 0.1) is 9.79 Å². The second-order valence-corrected chi connectivity index (χ2v) is 8.16. The van der Waals surface area contributed by atoms with E-state index in [0.29, 0.717) is 13.1 Å². The monoisotopic (exact) mass is 319 g/mol. The summed E-state index contributed by atoms with van der Waals surface area (Å²) in [6, 6.07) is 5.23. The van der Waals surface area contributed by atoms with E-state index in [4.69, 9.17) is 5.14 Å². The first-order valence-electron chi connectivity index (χ1n) is 6.05. The molecule has 1 aliphatic rings. The van der Waals surface area contributed by atoms with Crippen molar-refractivity contribution in [3.05, 3.63) is 24.3 Å². The summed E-state index contributed by atoms with van der Waals surface area (Å²) in [5, 5.41) is 8.05. The first kappa shape index (κ1) is 15.4. The topological polar surface area (TPSA) is 110 Å². The number of sulfonamides is 2. The molecular formula is C11H17N3O4S2. The molecule has 1 unspecified atom stereocenters. The van der Waals surface area contributed by atoms with Crippen LogP contribution in [0.25, 0.3) is 0 Å². The molecule has 1 fully saturated rings. The predicted octanol–water partition coefficient (Wildman–Crippen LogP) is -0.684. The second kappa shape index (κ2) is 5.41. The molecule has 0 aromatic heterocycles. The number of rotatable bonds is 4. The van der Waals surface area contributed by atoms with Crippen molar-refractivity contribution in [2.75, 3.05) is 20.1 Å². The molecule has 3 N–H and O–H groups in total. The van der Waals surface area contributed by atoms with Crippen molar-refractivity contribution in [1.82, 2.24) is 9.62 Å². The maximum absolute atomic E-state index is 12.4. The van der Waals surface area contributed by atoms with Gasteiger partial charge in [0.1, 0.15) is 0 Å². The van der Waals surface area contributed by atoms with E-state index >= 15 is 0 Å². The molecule has 9 heteroatoms. The van der Waals surface area contributed by atoms with Gasteiger partial charge in [-0.05, 0) is 31.7 Å². The number of nitrogens with two attached hydrogens (primary N) is 1. The van der Waals surface area contributed by atoms with Gasteiger partial charge in [-0.3, -0.25) is 0 Å². The highest BCUT2D eigenvalue weighted by atomic mass is 32.2. The minimum Gasteiger partial charge on any atom is -0.316 e. The summed E-state index contributed by atoms with van der Waals surface area (Å²) in [5.74, 6) is 0. The van der Waals surface area contributed by atoms with E-state index in [1.165, 1.54) is 22.5 Å². The molecular weight excluding hydrogens is 302 g/mol. The van der Waals surface area contributed by atoms with Gasteiger partial charge < -0.3 is 5.32 Å². The summed E-state index contributed by atoms with van der Waals surface area (Å²) in [6.45, 7) is 0.784. The summed E-state index contributed by atoms with van der Waals surface area (Å²) in [6.07, 6.45) is 0.727. The van der Waals surface area contributed by atoms with Crippen molar-refractivity contribution in [2.45, 2.75) is 22.3 Å². The Kier molecular flexibility index (Phi) is 4.17. The van der Waals surface area contributed by atoms with E-state index in [2.05, 4.69) is 5.32 Å².